The molecule has 17 heavy (non-hydrogen) atoms. The van der Waals surface area contributed by atoms with Crippen LogP contribution in [0.1, 0.15) is 11.5 Å². The highest BCUT2D eigenvalue weighted by Gasteiger charge is 2.38. The highest BCUT2D eigenvalue weighted by atomic mass is 16.5. The number of hydrogen-bond acceptors (Lipinski definition) is 4. The standard InChI is InChI=1S/C12H16N3O2/c16-15-8-10(9-15)11-7-13-2-1-12(11)14-3-5-17-6-4-14/h1-2,7,10H,3-6,8-9H2/q+1. The summed E-state index contributed by atoms with van der Waals surface area (Å²) in [4.78, 5) is 17.6. The fourth-order valence-corrected chi connectivity index (χ4v) is 2.44. The first-order valence-electron chi connectivity index (χ1n) is 6.03. The number of ether oxygens (including phenoxy) is 1. The lowest BCUT2D eigenvalue weighted by molar-refractivity contribution is -0.611. The largest absolute Gasteiger partial charge is 0.378 e. The molecule has 1 aromatic heterocycles. The maximum Gasteiger partial charge on any atom is 0.205 e. The van der Waals surface area contributed by atoms with Crippen LogP contribution in [0, 0.1) is 4.91 Å². The molecule has 90 valence electrons. The molecule has 0 amide bonds. The molecule has 0 radical (unpaired) electrons. The van der Waals surface area contributed by atoms with Crippen LogP contribution in [0.3, 0.4) is 0 Å². The lowest BCUT2D eigenvalue weighted by atomic mass is 9.93. The van der Waals surface area contributed by atoms with E-state index in [-0.39, 0.29) is 0 Å². The maximum atomic E-state index is 11.0. The minimum Gasteiger partial charge on any atom is -0.378 e. The Morgan fingerprint density at radius 3 is 2.82 bits per heavy atom. The summed E-state index contributed by atoms with van der Waals surface area (Å²) in [6.45, 7) is 4.60. The molecule has 2 saturated heterocycles. The summed E-state index contributed by atoms with van der Waals surface area (Å²) in [6, 6.07) is 2.05. The molecule has 2 aliphatic heterocycles. The van der Waals surface area contributed by atoms with Crippen LogP contribution < -0.4 is 4.90 Å². The Bertz CT molecular complexity index is 422. The molecular formula is C12H16N3O2+. The molecular weight excluding hydrogens is 218 g/mol. The summed E-state index contributed by atoms with van der Waals surface area (Å²) >= 11 is 0. The third-order valence-corrected chi connectivity index (χ3v) is 3.47. The van der Waals surface area contributed by atoms with Gasteiger partial charge in [0.1, 0.15) is 5.92 Å². The number of nitroso groups, excluding NO2 is 1. The van der Waals surface area contributed by atoms with Crippen molar-refractivity contribution in [3.8, 4) is 0 Å². The van der Waals surface area contributed by atoms with Crippen molar-refractivity contribution < 1.29 is 9.50 Å². The van der Waals surface area contributed by atoms with Crippen molar-refractivity contribution in [3.63, 3.8) is 0 Å². The van der Waals surface area contributed by atoms with Gasteiger partial charge in [-0.1, -0.05) is 0 Å². The van der Waals surface area contributed by atoms with Crippen molar-refractivity contribution in [1.82, 2.24) is 4.98 Å². The zero-order chi connectivity index (χ0) is 11.7. The first-order valence-corrected chi connectivity index (χ1v) is 6.03. The second kappa shape index (κ2) is 4.41. The van der Waals surface area contributed by atoms with Gasteiger partial charge >= 0.3 is 0 Å². The highest BCUT2D eigenvalue weighted by Crippen LogP contribution is 2.31. The average Bonchev–Trinajstić information content (AvgIpc) is 2.36. The quantitative estimate of drug-likeness (QED) is 0.710. The molecule has 0 spiro atoms. The van der Waals surface area contributed by atoms with Gasteiger partial charge in [-0.2, -0.15) is 0 Å². The molecule has 3 rings (SSSR count). The summed E-state index contributed by atoms with van der Waals surface area (Å²) < 4.78 is 6.46. The average molecular weight is 234 g/mol. The molecule has 2 fully saturated rings. The highest BCUT2D eigenvalue weighted by molar-refractivity contribution is 5.54. The number of hydrogen-bond donors (Lipinski definition) is 0. The van der Waals surface area contributed by atoms with Gasteiger partial charge in [0.2, 0.25) is 13.1 Å². The lowest BCUT2D eigenvalue weighted by Gasteiger charge is -2.32. The van der Waals surface area contributed by atoms with Gasteiger partial charge in [-0.05, 0) is 10.8 Å². The van der Waals surface area contributed by atoms with Crippen molar-refractivity contribution in [2.75, 3.05) is 44.3 Å². The summed E-state index contributed by atoms with van der Waals surface area (Å²) in [6.07, 6.45) is 3.73. The molecule has 3 heterocycles. The van der Waals surface area contributed by atoms with E-state index in [2.05, 4.69) is 9.88 Å². The Labute approximate surface area is 100.0 Å². The van der Waals surface area contributed by atoms with E-state index in [0.717, 1.165) is 31.1 Å². The minimum absolute atomic E-state index is 0.346. The number of pyridine rings is 1. The van der Waals surface area contributed by atoms with Gasteiger partial charge in [0, 0.05) is 41.6 Å². The monoisotopic (exact) mass is 234 g/mol. The second-order valence-electron chi connectivity index (χ2n) is 4.58. The van der Waals surface area contributed by atoms with Crippen LogP contribution >= 0.6 is 0 Å². The van der Waals surface area contributed by atoms with E-state index in [4.69, 9.17) is 4.74 Å². The number of morpholine rings is 1. The molecule has 1 aromatic rings. The Morgan fingerprint density at radius 2 is 2.12 bits per heavy atom. The molecule has 5 heteroatoms. The van der Waals surface area contributed by atoms with Crippen LogP contribution in [0.2, 0.25) is 0 Å². The third-order valence-electron chi connectivity index (χ3n) is 3.47. The molecule has 0 bridgehead atoms. The smallest absolute Gasteiger partial charge is 0.205 e. The predicted octanol–water partition coefficient (Wildman–Crippen LogP) is 0.794. The Kier molecular flexibility index (Phi) is 2.76. The van der Waals surface area contributed by atoms with E-state index >= 15 is 0 Å². The molecule has 0 unspecified atom stereocenters. The molecule has 0 aliphatic carbocycles. The van der Waals surface area contributed by atoms with E-state index in [0.29, 0.717) is 19.0 Å². The van der Waals surface area contributed by atoms with Crippen LogP contribution in [0.4, 0.5) is 5.69 Å². The van der Waals surface area contributed by atoms with Crippen molar-refractivity contribution >= 4 is 5.69 Å². The van der Waals surface area contributed by atoms with E-state index in [9.17, 15) is 4.91 Å². The topological polar surface area (TPSA) is 45.4 Å². The van der Waals surface area contributed by atoms with E-state index < -0.39 is 0 Å². The van der Waals surface area contributed by atoms with E-state index in [1.165, 1.54) is 11.3 Å². The SMILES string of the molecule is O=[N+]1CC(c2cnccc2N2CCOCC2)C1. The van der Waals surface area contributed by atoms with E-state index in [1.807, 2.05) is 18.5 Å². The summed E-state index contributed by atoms with van der Waals surface area (Å²) in [7, 11) is 0. The first-order chi connectivity index (χ1) is 8.34. The van der Waals surface area contributed by atoms with Gasteiger partial charge in [0.25, 0.3) is 0 Å². The van der Waals surface area contributed by atoms with Gasteiger partial charge in [-0.25, -0.2) is 0 Å². The van der Waals surface area contributed by atoms with Crippen LogP contribution in [-0.4, -0.2) is 49.1 Å². The summed E-state index contributed by atoms with van der Waals surface area (Å²) in [5.41, 5.74) is 2.43. The maximum absolute atomic E-state index is 11.0. The molecule has 5 nitrogen and oxygen atoms in total. The third kappa shape index (κ3) is 2.02. The van der Waals surface area contributed by atoms with Crippen LogP contribution in [0.5, 0.6) is 0 Å². The first kappa shape index (κ1) is 10.7. The van der Waals surface area contributed by atoms with Crippen molar-refractivity contribution in [1.29, 1.82) is 0 Å². The molecule has 0 aromatic carbocycles. The Hall–Kier alpha value is -1.49. The minimum atomic E-state index is 0.346. The second-order valence-corrected chi connectivity index (χ2v) is 4.58. The van der Waals surface area contributed by atoms with Crippen LogP contribution in [0.25, 0.3) is 0 Å². The summed E-state index contributed by atoms with van der Waals surface area (Å²) in [5.74, 6) is 0.346. The van der Waals surface area contributed by atoms with Gasteiger partial charge < -0.3 is 9.64 Å². The van der Waals surface area contributed by atoms with Gasteiger partial charge in [0.15, 0.2) is 0 Å². The van der Waals surface area contributed by atoms with Crippen molar-refractivity contribution in [3.05, 3.63) is 28.9 Å². The van der Waals surface area contributed by atoms with Crippen molar-refractivity contribution in [2.24, 2.45) is 0 Å². The Morgan fingerprint density at radius 1 is 1.35 bits per heavy atom. The van der Waals surface area contributed by atoms with Crippen LogP contribution in [-0.2, 0) is 4.74 Å². The summed E-state index contributed by atoms with van der Waals surface area (Å²) in [5, 5.41) is 0. The Balaban J connectivity index is 1.84. The molecule has 2 aliphatic rings. The number of nitrogens with zero attached hydrogens (tertiary/aromatic N) is 3. The molecule has 0 N–H and O–H groups in total. The number of anilines is 1. The van der Waals surface area contributed by atoms with E-state index in [1.54, 1.807) is 0 Å². The predicted molar refractivity (Wildman–Crippen MR) is 63.4 cm³/mol. The fraction of sp³-hybridized carbons (Fsp3) is 0.583. The molecule has 0 atom stereocenters. The zero-order valence-electron chi connectivity index (χ0n) is 9.71. The van der Waals surface area contributed by atoms with Crippen molar-refractivity contribution in [2.45, 2.75) is 5.92 Å². The fourth-order valence-electron chi connectivity index (χ4n) is 2.44. The lowest BCUT2D eigenvalue weighted by Crippen LogP contribution is -2.40. The van der Waals surface area contributed by atoms with Gasteiger partial charge in [-0.3, -0.25) is 4.98 Å². The van der Waals surface area contributed by atoms with Gasteiger partial charge in [-0.15, -0.1) is 0 Å². The normalized spacial score (nSPS) is 21.4. The number of rotatable bonds is 2. The van der Waals surface area contributed by atoms with Crippen LogP contribution in [0.15, 0.2) is 18.5 Å². The zero-order valence-corrected chi connectivity index (χ0v) is 9.71. The number of aromatic nitrogens is 1. The molecule has 0 saturated carbocycles. The van der Waals surface area contributed by atoms with Gasteiger partial charge in [0.05, 0.1) is 13.2 Å².